The average Bonchev–Trinajstić information content (AvgIpc) is 2.50. The molecule has 0 saturated carbocycles. The number of halogens is 3. The van der Waals surface area contributed by atoms with E-state index < -0.39 is 18.4 Å². The molecule has 0 aliphatic rings. The fraction of sp³-hybridized carbons (Fsp3) is 1.00. The van der Waals surface area contributed by atoms with Gasteiger partial charge in [0.25, 0.3) is 0 Å². The van der Waals surface area contributed by atoms with Crippen LogP contribution in [0.3, 0.4) is 0 Å². The van der Waals surface area contributed by atoms with Gasteiger partial charge in [0.15, 0.2) is 5.79 Å². The van der Waals surface area contributed by atoms with E-state index in [9.17, 15) is 13.2 Å². The third kappa shape index (κ3) is 11.4. The Bertz CT molecular complexity index is 331. The summed E-state index contributed by atoms with van der Waals surface area (Å²) in [6.45, 7) is 11.8. The van der Waals surface area contributed by atoms with E-state index in [1.54, 1.807) is 0 Å². The van der Waals surface area contributed by atoms with Crippen LogP contribution in [0.4, 0.5) is 13.2 Å². The predicted octanol–water partition coefficient (Wildman–Crippen LogP) is 7.65. The first kappa shape index (κ1) is 25.7. The highest BCUT2D eigenvalue weighted by molar-refractivity contribution is 4.82. The van der Waals surface area contributed by atoms with E-state index in [2.05, 4.69) is 6.92 Å². The maximum atomic E-state index is 12.9. The number of alkyl halides is 3. The van der Waals surface area contributed by atoms with E-state index in [4.69, 9.17) is 9.47 Å². The lowest BCUT2D eigenvalue weighted by Crippen LogP contribution is -2.47. The van der Waals surface area contributed by atoms with Gasteiger partial charge >= 0.3 is 6.18 Å². The molecular weight excluding hydrogens is 341 g/mol. The quantitative estimate of drug-likeness (QED) is 0.214. The first-order chi connectivity index (χ1) is 12.1. The Morgan fingerprint density at radius 3 is 1.65 bits per heavy atom. The molecule has 2 nitrogen and oxygen atoms in total. The van der Waals surface area contributed by atoms with Gasteiger partial charge < -0.3 is 9.47 Å². The number of unbranched alkanes of at least 4 members (excludes halogenated alkanes) is 5. The van der Waals surface area contributed by atoms with Crippen molar-refractivity contribution in [1.82, 2.24) is 0 Å². The van der Waals surface area contributed by atoms with Gasteiger partial charge in [0.1, 0.15) is 0 Å². The molecule has 0 bridgehead atoms. The second-order valence-electron chi connectivity index (χ2n) is 7.91. The smallest absolute Gasteiger partial charge is 0.347 e. The van der Waals surface area contributed by atoms with Gasteiger partial charge in [0.2, 0.25) is 0 Å². The summed E-state index contributed by atoms with van der Waals surface area (Å²) < 4.78 is 50.9. The minimum atomic E-state index is -4.14. The second kappa shape index (κ2) is 13.0. The summed E-state index contributed by atoms with van der Waals surface area (Å²) >= 11 is 0. The van der Waals surface area contributed by atoms with Gasteiger partial charge in [0, 0.05) is 12.3 Å². The average molecular weight is 383 g/mol. The standard InChI is InChI=1S/C21H41F3O2/c1-7-9-10-11-12-13-14-19(15-16-21(22,23)24)20(8-2,25-17(3)4)26-18(5)6/h17-19H,7-16H2,1-6H3. The predicted molar refractivity (Wildman–Crippen MR) is 102 cm³/mol. The van der Waals surface area contributed by atoms with E-state index in [-0.39, 0.29) is 24.5 Å². The molecule has 1 unspecified atom stereocenters. The largest absolute Gasteiger partial charge is 0.389 e. The molecule has 0 radical (unpaired) electrons. The summed E-state index contributed by atoms with van der Waals surface area (Å²) in [6.07, 6.45) is 2.99. The van der Waals surface area contributed by atoms with Gasteiger partial charge in [-0.25, -0.2) is 0 Å². The Morgan fingerprint density at radius 2 is 1.23 bits per heavy atom. The Morgan fingerprint density at radius 1 is 0.731 bits per heavy atom. The lowest BCUT2D eigenvalue weighted by Gasteiger charge is -2.43. The number of rotatable bonds is 15. The summed E-state index contributed by atoms with van der Waals surface area (Å²) in [4.78, 5) is 0. The summed E-state index contributed by atoms with van der Waals surface area (Å²) in [5.41, 5.74) is 0. The van der Waals surface area contributed by atoms with Crippen LogP contribution in [0.2, 0.25) is 0 Å². The van der Waals surface area contributed by atoms with Crippen LogP contribution in [0.15, 0.2) is 0 Å². The Labute approximate surface area is 159 Å². The van der Waals surface area contributed by atoms with Gasteiger partial charge in [-0.1, -0.05) is 52.4 Å². The number of hydrogen-bond acceptors (Lipinski definition) is 2. The molecule has 0 aromatic carbocycles. The van der Waals surface area contributed by atoms with Crippen LogP contribution in [0.25, 0.3) is 0 Å². The molecule has 158 valence electrons. The zero-order chi connectivity index (χ0) is 20.2. The Kier molecular flexibility index (Phi) is 12.8. The van der Waals surface area contributed by atoms with E-state index in [1.165, 1.54) is 19.3 Å². The highest BCUT2D eigenvalue weighted by atomic mass is 19.4. The molecule has 0 N–H and O–H groups in total. The van der Waals surface area contributed by atoms with Crippen LogP contribution >= 0.6 is 0 Å². The molecule has 26 heavy (non-hydrogen) atoms. The summed E-state index contributed by atoms with van der Waals surface area (Å²) in [6, 6.07) is 0. The fourth-order valence-electron chi connectivity index (χ4n) is 3.57. The van der Waals surface area contributed by atoms with E-state index >= 15 is 0 Å². The van der Waals surface area contributed by atoms with E-state index in [0.29, 0.717) is 6.42 Å². The maximum Gasteiger partial charge on any atom is 0.389 e. The monoisotopic (exact) mass is 382 g/mol. The normalized spacial score (nSPS) is 14.4. The van der Waals surface area contributed by atoms with Gasteiger partial charge in [-0.3, -0.25) is 0 Å². The highest BCUT2D eigenvalue weighted by Gasteiger charge is 2.42. The lowest BCUT2D eigenvalue weighted by atomic mass is 9.85. The van der Waals surface area contributed by atoms with Crippen LogP contribution in [0, 0.1) is 5.92 Å². The first-order valence-electron chi connectivity index (χ1n) is 10.5. The molecule has 0 aliphatic carbocycles. The third-order valence-electron chi connectivity index (χ3n) is 4.67. The SMILES string of the molecule is CCCCCCCCC(CCC(F)(F)F)C(CC)(OC(C)C)OC(C)C. The van der Waals surface area contributed by atoms with E-state index in [0.717, 1.165) is 25.7 Å². The van der Waals surface area contributed by atoms with Crippen molar-refractivity contribution < 1.29 is 22.6 Å². The summed E-state index contributed by atoms with van der Waals surface area (Å²) in [5, 5.41) is 0. The molecule has 0 aromatic heterocycles. The zero-order valence-corrected chi connectivity index (χ0v) is 17.8. The van der Waals surface area contributed by atoms with Crippen molar-refractivity contribution in [1.29, 1.82) is 0 Å². The van der Waals surface area contributed by atoms with Crippen molar-refractivity contribution in [3.63, 3.8) is 0 Å². The third-order valence-corrected chi connectivity index (χ3v) is 4.67. The van der Waals surface area contributed by atoms with Crippen LogP contribution in [0.5, 0.6) is 0 Å². The lowest BCUT2D eigenvalue weighted by molar-refractivity contribution is -0.301. The van der Waals surface area contributed by atoms with Gasteiger partial charge in [-0.05, 0) is 47.0 Å². The minimum Gasteiger partial charge on any atom is -0.347 e. The van der Waals surface area contributed by atoms with Crippen molar-refractivity contribution in [3.8, 4) is 0 Å². The second-order valence-corrected chi connectivity index (χ2v) is 7.91. The van der Waals surface area contributed by atoms with E-state index in [1.807, 2.05) is 34.6 Å². The Balaban J connectivity index is 5.11. The van der Waals surface area contributed by atoms with Crippen molar-refractivity contribution in [2.45, 2.75) is 130 Å². The topological polar surface area (TPSA) is 18.5 Å². The van der Waals surface area contributed by atoms with Crippen LogP contribution in [-0.2, 0) is 9.47 Å². The molecule has 0 aromatic rings. The summed E-state index contributed by atoms with van der Waals surface area (Å²) in [7, 11) is 0. The van der Waals surface area contributed by atoms with Crippen LogP contribution < -0.4 is 0 Å². The minimum absolute atomic E-state index is 0.0613. The maximum absolute atomic E-state index is 12.9. The molecule has 0 rings (SSSR count). The first-order valence-corrected chi connectivity index (χ1v) is 10.5. The fourth-order valence-corrected chi connectivity index (χ4v) is 3.57. The van der Waals surface area contributed by atoms with Crippen molar-refractivity contribution >= 4 is 0 Å². The van der Waals surface area contributed by atoms with Gasteiger partial charge in [0.05, 0.1) is 12.2 Å². The van der Waals surface area contributed by atoms with Crippen molar-refractivity contribution in [3.05, 3.63) is 0 Å². The van der Waals surface area contributed by atoms with Gasteiger partial charge in [-0.2, -0.15) is 13.2 Å². The van der Waals surface area contributed by atoms with Crippen molar-refractivity contribution in [2.24, 2.45) is 5.92 Å². The Hall–Kier alpha value is -0.290. The van der Waals surface area contributed by atoms with Crippen LogP contribution in [-0.4, -0.2) is 24.2 Å². The molecule has 0 fully saturated rings. The molecule has 0 spiro atoms. The molecule has 0 aliphatic heterocycles. The molecule has 0 amide bonds. The van der Waals surface area contributed by atoms with Crippen molar-refractivity contribution in [2.75, 3.05) is 0 Å². The molecule has 0 saturated heterocycles. The molecule has 1 atom stereocenters. The molecule has 0 heterocycles. The summed E-state index contributed by atoms with van der Waals surface area (Å²) in [5.74, 6) is -1.18. The number of ether oxygens (including phenoxy) is 2. The molecular formula is C21H41F3O2. The highest BCUT2D eigenvalue weighted by Crippen LogP contribution is 2.39. The number of hydrogen-bond donors (Lipinski definition) is 0. The zero-order valence-electron chi connectivity index (χ0n) is 17.8. The van der Waals surface area contributed by atoms with Gasteiger partial charge in [-0.15, -0.1) is 0 Å². The molecule has 5 heteroatoms. The van der Waals surface area contributed by atoms with Crippen LogP contribution in [0.1, 0.15) is 106 Å².